The third kappa shape index (κ3) is 5.58. The highest BCUT2D eigenvalue weighted by atomic mass is 32.2. The highest BCUT2D eigenvalue weighted by molar-refractivity contribution is 7.98. The Hall–Kier alpha value is -2.84. The molecule has 3 aromatic rings. The van der Waals surface area contributed by atoms with Gasteiger partial charge >= 0.3 is 6.03 Å². The summed E-state index contributed by atoms with van der Waals surface area (Å²) in [6.07, 6.45) is 2.10. The number of hydrogen-bond acceptors (Lipinski definition) is 5. The molecule has 0 saturated carbocycles. The van der Waals surface area contributed by atoms with Gasteiger partial charge in [0.25, 0.3) is 0 Å². The number of benzene rings is 2. The molecule has 0 atom stereocenters. The lowest BCUT2D eigenvalue weighted by Crippen LogP contribution is -2.19. The van der Waals surface area contributed by atoms with Crippen LogP contribution in [-0.2, 0) is 11.2 Å². The average molecular weight is 413 g/mol. The second-order valence-electron chi connectivity index (χ2n) is 6.01. The van der Waals surface area contributed by atoms with Gasteiger partial charge in [-0.25, -0.2) is 9.78 Å². The first-order chi connectivity index (χ1) is 13.5. The Morgan fingerprint density at radius 1 is 1.04 bits per heavy atom. The molecule has 28 heavy (non-hydrogen) atoms. The van der Waals surface area contributed by atoms with Crippen LogP contribution in [0.1, 0.15) is 11.3 Å². The molecule has 2 aromatic carbocycles. The van der Waals surface area contributed by atoms with Gasteiger partial charge in [-0.1, -0.05) is 29.8 Å². The number of carbonyl (C=O) groups excluding carboxylic acids is 2. The Morgan fingerprint density at radius 3 is 2.54 bits per heavy atom. The molecule has 1 heterocycles. The molecule has 3 rings (SSSR count). The molecule has 0 aliphatic carbocycles. The first-order valence-electron chi connectivity index (χ1n) is 8.55. The molecular weight excluding hydrogens is 392 g/mol. The molecule has 0 aliphatic heterocycles. The number of anilines is 3. The van der Waals surface area contributed by atoms with Crippen molar-refractivity contribution in [1.82, 2.24) is 4.98 Å². The van der Waals surface area contributed by atoms with Crippen LogP contribution in [0.25, 0.3) is 0 Å². The number of aryl methyl sites for hydroxylation is 1. The summed E-state index contributed by atoms with van der Waals surface area (Å²) in [6.45, 7) is 1.98. The zero-order chi connectivity index (χ0) is 19.9. The fraction of sp³-hybridized carbons (Fsp3) is 0.150. The monoisotopic (exact) mass is 412 g/mol. The van der Waals surface area contributed by atoms with E-state index in [2.05, 4.69) is 20.9 Å². The van der Waals surface area contributed by atoms with Crippen LogP contribution in [-0.4, -0.2) is 23.2 Å². The van der Waals surface area contributed by atoms with Crippen molar-refractivity contribution in [2.45, 2.75) is 18.2 Å². The molecule has 6 nitrogen and oxygen atoms in total. The summed E-state index contributed by atoms with van der Waals surface area (Å²) in [6, 6.07) is 14.8. The van der Waals surface area contributed by atoms with Gasteiger partial charge in [-0.05, 0) is 37.4 Å². The maximum atomic E-state index is 12.3. The van der Waals surface area contributed by atoms with Crippen molar-refractivity contribution in [1.29, 1.82) is 0 Å². The zero-order valence-corrected chi connectivity index (χ0v) is 17.1. The minimum atomic E-state index is -0.372. The van der Waals surface area contributed by atoms with Gasteiger partial charge in [0.05, 0.1) is 17.8 Å². The van der Waals surface area contributed by atoms with Gasteiger partial charge in [-0.2, -0.15) is 0 Å². The molecule has 3 amide bonds. The van der Waals surface area contributed by atoms with Crippen molar-refractivity contribution in [3.8, 4) is 0 Å². The van der Waals surface area contributed by atoms with E-state index >= 15 is 0 Å². The van der Waals surface area contributed by atoms with Crippen molar-refractivity contribution < 1.29 is 9.59 Å². The van der Waals surface area contributed by atoms with Gasteiger partial charge in [-0.15, -0.1) is 23.1 Å². The molecule has 0 saturated heterocycles. The van der Waals surface area contributed by atoms with Crippen molar-refractivity contribution in [2.75, 3.05) is 22.2 Å². The van der Waals surface area contributed by atoms with Crippen LogP contribution in [0.4, 0.5) is 21.3 Å². The summed E-state index contributed by atoms with van der Waals surface area (Å²) >= 11 is 2.85. The number of aromatic nitrogens is 1. The lowest BCUT2D eigenvalue weighted by molar-refractivity contribution is -0.115. The molecule has 0 unspecified atom stereocenters. The standard InChI is InChI=1S/C20H20N4O2S2/c1-13-7-9-14(10-8-13)21-19(26)24-20-22-15(12-28-20)11-18(25)23-16-5-3-4-6-17(16)27-2/h3-10,12H,11H2,1-2H3,(H,23,25)(H2,21,22,24,26). The Balaban J connectivity index is 1.54. The van der Waals surface area contributed by atoms with E-state index in [-0.39, 0.29) is 18.4 Å². The summed E-state index contributed by atoms with van der Waals surface area (Å²) < 4.78 is 0. The summed E-state index contributed by atoms with van der Waals surface area (Å²) in [4.78, 5) is 29.7. The maximum Gasteiger partial charge on any atom is 0.325 e. The van der Waals surface area contributed by atoms with Crippen molar-refractivity contribution >= 4 is 51.5 Å². The number of nitrogens with one attached hydrogen (secondary N) is 3. The zero-order valence-electron chi connectivity index (χ0n) is 15.5. The van der Waals surface area contributed by atoms with Crippen molar-refractivity contribution in [3.63, 3.8) is 0 Å². The fourth-order valence-corrected chi connectivity index (χ4v) is 3.71. The smallest absolute Gasteiger partial charge is 0.325 e. The number of urea groups is 1. The molecule has 1 aromatic heterocycles. The predicted octanol–water partition coefficient (Wildman–Crippen LogP) is 5.00. The van der Waals surface area contributed by atoms with Crippen molar-refractivity contribution in [2.24, 2.45) is 0 Å². The van der Waals surface area contributed by atoms with Crippen LogP contribution in [0, 0.1) is 6.92 Å². The van der Waals surface area contributed by atoms with E-state index in [4.69, 9.17) is 0 Å². The Morgan fingerprint density at radius 2 is 1.79 bits per heavy atom. The summed E-state index contributed by atoms with van der Waals surface area (Å²) in [7, 11) is 0. The Bertz CT molecular complexity index is 970. The van der Waals surface area contributed by atoms with E-state index in [0.717, 1.165) is 16.1 Å². The van der Waals surface area contributed by atoms with Gasteiger partial charge in [0.1, 0.15) is 0 Å². The van der Waals surface area contributed by atoms with E-state index in [1.165, 1.54) is 11.3 Å². The highest BCUT2D eigenvalue weighted by Crippen LogP contribution is 2.25. The van der Waals surface area contributed by atoms with Gasteiger partial charge in [0.2, 0.25) is 5.91 Å². The van der Waals surface area contributed by atoms with Crippen LogP contribution in [0.3, 0.4) is 0 Å². The number of amides is 3. The number of thioether (sulfide) groups is 1. The summed E-state index contributed by atoms with van der Waals surface area (Å²) in [5.74, 6) is -0.151. The topological polar surface area (TPSA) is 83.1 Å². The van der Waals surface area contributed by atoms with Crippen molar-refractivity contribution in [3.05, 3.63) is 65.2 Å². The van der Waals surface area contributed by atoms with Gasteiger partial charge in [-0.3, -0.25) is 10.1 Å². The molecule has 144 valence electrons. The first-order valence-corrected chi connectivity index (χ1v) is 10.7. The molecule has 0 spiro atoms. The lowest BCUT2D eigenvalue weighted by atomic mass is 10.2. The number of carbonyl (C=O) groups is 2. The summed E-state index contributed by atoms with van der Waals surface area (Å²) in [5, 5.41) is 10.5. The highest BCUT2D eigenvalue weighted by Gasteiger charge is 2.11. The first kappa shape index (κ1) is 19.9. The molecule has 0 fully saturated rings. The quantitative estimate of drug-likeness (QED) is 0.498. The van der Waals surface area contributed by atoms with Crippen LogP contribution in [0.5, 0.6) is 0 Å². The maximum absolute atomic E-state index is 12.3. The van der Waals surface area contributed by atoms with E-state index in [0.29, 0.717) is 16.5 Å². The van der Waals surface area contributed by atoms with Crippen LogP contribution in [0.15, 0.2) is 58.8 Å². The number of nitrogens with zero attached hydrogens (tertiary/aromatic N) is 1. The Labute approximate surface area is 171 Å². The summed E-state index contributed by atoms with van der Waals surface area (Å²) in [5.41, 5.74) is 3.21. The Kier molecular flexibility index (Phi) is 6.67. The number of rotatable bonds is 6. The molecule has 0 radical (unpaired) electrons. The third-order valence-electron chi connectivity index (χ3n) is 3.80. The van der Waals surface area contributed by atoms with E-state index in [1.807, 2.05) is 61.7 Å². The second-order valence-corrected chi connectivity index (χ2v) is 7.72. The minimum Gasteiger partial charge on any atom is -0.325 e. The number of thiazole rings is 1. The average Bonchev–Trinajstić information content (AvgIpc) is 3.10. The molecule has 0 bridgehead atoms. The molecular formula is C20H20N4O2S2. The molecule has 3 N–H and O–H groups in total. The SMILES string of the molecule is CSc1ccccc1NC(=O)Cc1csc(NC(=O)Nc2ccc(C)cc2)n1. The predicted molar refractivity (Wildman–Crippen MR) is 116 cm³/mol. The third-order valence-corrected chi connectivity index (χ3v) is 5.41. The minimum absolute atomic E-state index is 0.139. The van der Waals surface area contributed by atoms with E-state index in [1.54, 1.807) is 17.1 Å². The molecule has 0 aliphatic rings. The van der Waals surface area contributed by atoms with E-state index < -0.39 is 0 Å². The van der Waals surface area contributed by atoms with E-state index in [9.17, 15) is 9.59 Å². The lowest BCUT2D eigenvalue weighted by Gasteiger charge is -2.08. The largest absolute Gasteiger partial charge is 0.325 e. The van der Waals surface area contributed by atoms with Crippen LogP contribution >= 0.6 is 23.1 Å². The second kappa shape index (κ2) is 9.38. The van der Waals surface area contributed by atoms with Crippen LogP contribution < -0.4 is 16.0 Å². The normalized spacial score (nSPS) is 10.4. The van der Waals surface area contributed by atoms with Gasteiger partial charge < -0.3 is 10.6 Å². The number of hydrogen-bond donors (Lipinski definition) is 3. The molecule has 8 heteroatoms. The number of para-hydroxylation sites is 1. The van der Waals surface area contributed by atoms with Crippen LogP contribution in [0.2, 0.25) is 0 Å². The fourth-order valence-electron chi connectivity index (χ4n) is 2.45. The van der Waals surface area contributed by atoms with Gasteiger partial charge in [0, 0.05) is 16.0 Å². The van der Waals surface area contributed by atoms with Gasteiger partial charge in [0.15, 0.2) is 5.13 Å².